The first-order valence-electron chi connectivity index (χ1n) is 10.9. The first-order chi connectivity index (χ1) is 16.8. The van der Waals surface area contributed by atoms with Crippen LogP contribution in [0, 0.1) is 24.0 Å². The molecule has 0 bridgehead atoms. The van der Waals surface area contributed by atoms with Crippen molar-refractivity contribution < 1.29 is 9.72 Å². The van der Waals surface area contributed by atoms with E-state index in [1.54, 1.807) is 18.3 Å². The Kier molecular flexibility index (Phi) is 7.22. The number of halogens is 1. The summed E-state index contributed by atoms with van der Waals surface area (Å²) in [7, 11) is 0. The molecule has 1 amide bonds. The van der Waals surface area contributed by atoms with E-state index in [2.05, 4.69) is 31.0 Å². The molecule has 1 N–H and O–H groups in total. The maximum absolute atomic E-state index is 12.2. The lowest BCUT2D eigenvalue weighted by atomic mass is 10.0. The molecule has 0 radical (unpaired) electrons. The molecule has 1 aromatic heterocycles. The van der Waals surface area contributed by atoms with Crippen LogP contribution in [0.3, 0.4) is 0 Å². The molecule has 0 fully saturated rings. The smallest absolute Gasteiger partial charge is 0.269 e. The van der Waals surface area contributed by atoms with Crippen molar-refractivity contribution in [2.75, 3.05) is 0 Å². The summed E-state index contributed by atoms with van der Waals surface area (Å²) in [5.41, 5.74) is 9.40. The molecular weight excluding hydrogens is 508 g/mol. The van der Waals surface area contributed by atoms with Crippen LogP contribution >= 0.6 is 15.9 Å². The van der Waals surface area contributed by atoms with Gasteiger partial charge in [-0.3, -0.25) is 14.9 Å². The normalized spacial score (nSPS) is 11.1. The number of benzene rings is 3. The predicted octanol–water partition coefficient (Wildman–Crippen LogP) is 6.12. The van der Waals surface area contributed by atoms with E-state index >= 15 is 0 Å². The zero-order chi connectivity index (χ0) is 24.9. The number of amides is 1. The SMILES string of the molecule is Cc1cc(/C=N\NC(=O)Cc2ccc(Br)cc2)c(C)n1-c1ccc(-c2ccc([N+](=O)[O-])cc2)cc1. The summed E-state index contributed by atoms with van der Waals surface area (Å²) in [5, 5.41) is 15.0. The van der Waals surface area contributed by atoms with E-state index in [-0.39, 0.29) is 18.0 Å². The maximum atomic E-state index is 12.2. The molecule has 4 aromatic rings. The highest BCUT2D eigenvalue weighted by molar-refractivity contribution is 9.10. The quantitative estimate of drug-likeness (QED) is 0.177. The van der Waals surface area contributed by atoms with Gasteiger partial charge in [0.1, 0.15) is 0 Å². The highest BCUT2D eigenvalue weighted by Crippen LogP contribution is 2.25. The summed E-state index contributed by atoms with van der Waals surface area (Å²) in [4.78, 5) is 22.7. The van der Waals surface area contributed by atoms with Crippen molar-refractivity contribution in [2.24, 2.45) is 5.10 Å². The zero-order valence-corrected chi connectivity index (χ0v) is 20.8. The number of aryl methyl sites for hydroxylation is 1. The van der Waals surface area contributed by atoms with Crippen molar-refractivity contribution in [3.63, 3.8) is 0 Å². The molecule has 3 aromatic carbocycles. The van der Waals surface area contributed by atoms with Crippen LogP contribution in [-0.4, -0.2) is 21.6 Å². The summed E-state index contributed by atoms with van der Waals surface area (Å²) in [6.07, 6.45) is 1.91. The maximum Gasteiger partial charge on any atom is 0.269 e. The van der Waals surface area contributed by atoms with Crippen LogP contribution in [0.15, 0.2) is 88.4 Å². The van der Waals surface area contributed by atoms with Gasteiger partial charge in [0.15, 0.2) is 0 Å². The lowest BCUT2D eigenvalue weighted by molar-refractivity contribution is -0.384. The molecule has 0 unspecified atom stereocenters. The summed E-state index contributed by atoms with van der Waals surface area (Å²) in [6, 6.07) is 24.1. The van der Waals surface area contributed by atoms with Gasteiger partial charge in [-0.1, -0.05) is 40.2 Å². The number of carbonyl (C=O) groups is 1. The molecule has 7 nitrogen and oxygen atoms in total. The molecule has 1 heterocycles. The zero-order valence-electron chi connectivity index (χ0n) is 19.2. The highest BCUT2D eigenvalue weighted by Gasteiger charge is 2.11. The van der Waals surface area contributed by atoms with E-state index in [0.717, 1.165) is 43.8 Å². The monoisotopic (exact) mass is 530 g/mol. The minimum Gasteiger partial charge on any atom is -0.318 e. The Morgan fingerprint density at radius 3 is 2.20 bits per heavy atom. The van der Waals surface area contributed by atoms with Crippen LogP contribution < -0.4 is 5.43 Å². The van der Waals surface area contributed by atoms with Crippen molar-refractivity contribution in [3.05, 3.63) is 116 Å². The second-order valence-corrected chi connectivity index (χ2v) is 9.02. The molecule has 0 aliphatic rings. The Hall–Kier alpha value is -4.04. The lowest BCUT2D eigenvalue weighted by Crippen LogP contribution is -2.19. The number of aromatic nitrogens is 1. The number of rotatable bonds is 7. The fraction of sp³-hybridized carbons (Fsp3) is 0.111. The van der Waals surface area contributed by atoms with E-state index in [0.29, 0.717) is 0 Å². The fourth-order valence-corrected chi connectivity index (χ4v) is 4.16. The Morgan fingerprint density at radius 1 is 1.00 bits per heavy atom. The van der Waals surface area contributed by atoms with Crippen molar-refractivity contribution >= 4 is 33.7 Å². The van der Waals surface area contributed by atoms with Crippen molar-refractivity contribution in [1.82, 2.24) is 9.99 Å². The van der Waals surface area contributed by atoms with E-state index in [4.69, 9.17) is 0 Å². The van der Waals surface area contributed by atoms with Gasteiger partial charge in [0.25, 0.3) is 5.69 Å². The molecule has 0 aliphatic heterocycles. The third-order valence-corrected chi connectivity index (χ3v) is 6.21. The Morgan fingerprint density at radius 2 is 1.60 bits per heavy atom. The van der Waals surface area contributed by atoms with Gasteiger partial charge in [-0.15, -0.1) is 0 Å². The summed E-state index contributed by atoms with van der Waals surface area (Å²) in [6.45, 7) is 4.02. The second kappa shape index (κ2) is 10.5. The molecule has 176 valence electrons. The number of hydrazone groups is 1. The molecule has 0 saturated heterocycles. The summed E-state index contributed by atoms with van der Waals surface area (Å²) >= 11 is 3.39. The molecule has 0 saturated carbocycles. The molecular formula is C27H23BrN4O3. The molecule has 0 aliphatic carbocycles. The first-order valence-corrected chi connectivity index (χ1v) is 11.7. The Labute approximate surface area is 211 Å². The van der Waals surface area contributed by atoms with Crippen LogP contribution in [0.5, 0.6) is 0 Å². The number of nitrogens with one attached hydrogen (secondary N) is 1. The number of non-ortho nitro benzene ring substituents is 1. The van der Waals surface area contributed by atoms with Gasteiger partial charge in [-0.25, -0.2) is 5.43 Å². The van der Waals surface area contributed by atoms with Gasteiger partial charge >= 0.3 is 0 Å². The summed E-state index contributed by atoms with van der Waals surface area (Å²) < 4.78 is 3.08. The van der Waals surface area contributed by atoms with E-state index in [1.807, 2.05) is 68.4 Å². The molecule has 35 heavy (non-hydrogen) atoms. The number of nitro benzene ring substituents is 1. The predicted molar refractivity (Wildman–Crippen MR) is 141 cm³/mol. The number of carbonyl (C=O) groups excluding carboxylic acids is 1. The van der Waals surface area contributed by atoms with Gasteiger partial charge < -0.3 is 4.57 Å². The fourth-order valence-electron chi connectivity index (χ4n) is 3.90. The topological polar surface area (TPSA) is 89.5 Å². The standard InChI is InChI=1S/C27H23BrN4O3/c1-18-15-23(17-29-30-27(33)16-20-3-9-24(28)10-4-20)19(2)31(18)25-11-5-21(6-12-25)22-7-13-26(14-8-22)32(34)35/h3-15,17H,16H2,1-2H3,(H,30,33)/b29-17-. The number of nitro groups is 1. The van der Waals surface area contributed by atoms with Crippen LogP contribution in [0.25, 0.3) is 16.8 Å². The van der Waals surface area contributed by atoms with Crippen LogP contribution in [-0.2, 0) is 11.2 Å². The number of hydrogen-bond donors (Lipinski definition) is 1. The van der Waals surface area contributed by atoms with E-state index < -0.39 is 4.92 Å². The van der Waals surface area contributed by atoms with Crippen LogP contribution in [0.1, 0.15) is 22.5 Å². The third-order valence-electron chi connectivity index (χ3n) is 5.68. The molecule has 0 atom stereocenters. The second-order valence-electron chi connectivity index (χ2n) is 8.11. The average molecular weight is 531 g/mol. The minimum atomic E-state index is -0.403. The highest BCUT2D eigenvalue weighted by atomic mass is 79.9. The van der Waals surface area contributed by atoms with Crippen molar-refractivity contribution in [2.45, 2.75) is 20.3 Å². The van der Waals surface area contributed by atoms with Gasteiger partial charge in [0.05, 0.1) is 17.6 Å². The van der Waals surface area contributed by atoms with Crippen molar-refractivity contribution in [3.8, 4) is 16.8 Å². The van der Waals surface area contributed by atoms with E-state index in [9.17, 15) is 14.9 Å². The first kappa shape index (κ1) is 24.1. The van der Waals surface area contributed by atoms with E-state index in [1.165, 1.54) is 12.1 Å². The Balaban J connectivity index is 1.45. The van der Waals surface area contributed by atoms with Gasteiger partial charge in [0, 0.05) is 39.2 Å². The third kappa shape index (κ3) is 5.73. The summed E-state index contributed by atoms with van der Waals surface area (Å²) in [5.74, 6) is -0.181. The molecule has 8 heteroatoms. The van der Waals surface area contributed by atoms with Gasteiger partial charge in [-0.05, 0) is 73.0 Å². The Bertz CT molecular complexity index is 1390. The van der Waals surface area contributed by atoms with Crippen LogP contribution in [0.2, 0.25) is 0 Å². The van der Waals surface area contributed by atoms with Gasteiger partial charge in [0.2, 0.25) is 5.91 Å². The lowest BCUT2D eigenvalue weighted by Gasteiger charge is -2.11. The van der Waals surface area contributed by atoms with Crippen LogP contribution in [0.4, 0.5) is 5.69 Å². The molecule has 0 spiro atoms. The molecule has 4 rings (SSSR count). The van der Waals surface area contributed by atoms with Gasteiger partial charge in [-0.2, -0.15) is 5.10 Å². The number of nitrogens with zero attached hydrogens (tertiary/aromatic N) is 3. The van der Waals surface area contributed by atoms with Crippen molar-refractivity contribution in [1.29, 1.82) is 0 Å². The largest absolute Gasteiger partial charge is 0.318 e. The minimum absolute atomic E-state index is 0.0719. The number of hydrogen-bond acceptors (Lipinski definition) is 4. The average Bonchev–Trinajstić information content (AvgIpc) is 3.13.